The maximum absolute atomic E-state index is 11.2. The number of rotatable bonds is 7. The molecule has 0 atom stereocenters. The third-order valence-corrected chi connectivity index (χ3v) is 3.32. The van der Waals surface area contributed by atoms with Gasteiger partial charge in [-0.05, 0) is 19.4 Å². The molecule has 0 saturated heterocycles. The van der Waals surface area contributed by atoms with Crippen molar-refractivity contribution in [2.45, 2.75) is 45.2 Å². The first kappa shape index (κ1) is 13.8. The highest BCUT2D eigenvalue weighted by molar-refractivity contribution is 5.78. The Morgan fingerprint density at radius 2 is 2.21 bits per heavy atom. The molecule has 3 N–H and O–H groups in total. The average molecular weight is 267 g/mol. The van der Waals surface area contributed by atoms with Gasteiger partial charge in [-0.25, -0.2) is 0 Å². The van der Waals surface area contributed by atoms with Gasteiger partial charge in [0.2, 0.25) is 11.8 Å². The molecule has 106 valence electrons. The molecule has 2 rings (SSSR count). The average Bonchev–Trinajstić information content (AvgIpc) is 3.04. The summed E-state index contributed by atoms with van der Waals surface area (Å²) in [7, 11) is 0. The number of primary amides is 1. The van der Waals surface area contributed by atoms with E-state index in [1.54, 1.807) is 0 Å². The van der Waals surface area contributed by atoms with Crippen LogP contribution in [0.2, 0.25) is 0 Å². The Morgan fingerprint density at radius 1 is 1.47 bits per heavy atom. The van der Waals surface area contributed by atoms with Crippen LogP contribution in [0.25, 0.3) is 0 Å². The molecule has 1 aliphatic rings. The van der Waals surface area contributed by atoms with Crippen LogP contribution < -0.4 is 16.0 Å². The molecule has 7 nitrogen and oxygen atoms in total. The van der Waals surface area contributed by atoms with E-state index in [2.05, 4.69) is 15.5 Å². The number of amides is 1. The summed E-state index contributed by atoms with van der Waals surface area (Å²) in [5.74, 6) is 0.155. The fourth-order valence-electron chi connectivity index (χ4n) is 2.40. The van der Waals surface area contributed by atoms with Crippen molar-refractivity contribution >= 4 is 11.9 Å². The third kappa shape index (κ3) is 3.66. The van der Waals surface area contributed by atoms with Crippen LogP contribution in [-0.4, -0.2) is 35.2 Å². The van der Waals surface area contributed by atoms with Crippen LogP contribution in [0.5, 0.6) is 0 Å². The lowest BCUT2D eigenvalue weighted by Gasteiger charge is -2.25. The second-order valence-electron chi connectivity index (χ2n) is 4.79. The number of nitrogens with two attached hydrogens (primary N) is 1. The van der Waals surface area contributed by atoms with Crippen molar-refractivity contribution in [3.63, 3.8) is 0 Å². The Hall–Kier alpha value is -1.63. The van der Waals surface area contributed by atoms with Gasteiger partial charge in [0.05, 0.1) is 6.54 Å². The smallest absolute Gasteiger partial charge is 0.318 e. The molecule has 1 aliphatic carbocycles. The highest BCUT2D eigenvalue weighted by Gasteiger charge is 2.27. The predicted molar refractivity (Wildman–Crippen MR) is 70.5 cm³/mol. The molecule has 1 aromatic rings. The number of carbonyl (C=O) groups excluding carboxylic acids is 1. The van der Waals surface area contributed by atoms with Crippen molar-refractivity contribution in [3.05, 3.63) is 5.89 Å². The summed E-state index contributed by atoms with van der Waals surface area (Å²) in [5, 5.41) is 11.1. The highest BCUT2D eigenvalue weighted by Crippen LogP contribution is 2.27. The van der Waals surface area contributed by atoms with Gasteiger partial charge < -0.3 is 20.4 Å². The van der Waals surface area contributed by atoms with Crippen molar-refractivity contribution in [2.75, 3.05) is 18.0 Å². The van der Waals surface area contributed by atoms with Crippen LogP contribution >= 0.6 is 0 Å². The van der Waals surface area contributed by atoms with E-state index in [9.17, 15) is 4.79 Å². The summed E-state index contributed by atoms with van der Waals surface area (Å²) >= 11 is 0. The summed E-state index contributed by atoms with van der Waals surface area (Å²) in [5.41, 5.74) is 5.30. The quantitative estimate of drug-likeness (QED) is 0.742. The molecule has 0 spiro atoms. The van der Waals surface area contributed by atoms with Gasteiger partial charge in [-0.15, -0.1) is 5.10 Å². The first-order chi connectivity index (χ1) is 9.20. The molecule has 0 aromatic carbocycles. The van der Waals surface area contributed by atoms with Gasteiger partial charge in [0.1, 0.15) is 6.54 Å². The van der Waals surface area contributed by atoms with Crippen molar-refractivity contribution in [1.29, 1.82) is 0 Å². The predicted octanol–water partition coefficient (Wildman–Crippen LogP) is 0.413. The van der Waals surface area contributed by atoms with Gasteiger partial charge in [0.15, 0.2) is 0 Å². The van der Waals surface area contributed by atoms with Crippen molar-refractivity contribution in [1.82, 2.24) is 15.5 Å². The Balaban J connectivity index is 2.07. The van der Waals surface area contributed by atoms with Crippen LogP contribution in [0.3, 0.4) is 0 Å². The van der Waals surface area contributed by atoms with Crippen molar-refractivity contribution in [3.8, 4) is 0 Å². The maximum Gasteiger partial charge on any atom is 0.318 e. The first-order valence-electron chi connectivity index (χ1n) is 6.78. The van der Waals surface area contributed by atoms with E-state index < -0.39 is 0 Å². The lowest BCUT2D eigenvalue weighted by atomic mass is 10.2. The van der Waals surface area contributed by atoms with Gasteiger partial charge in [-0.3, -0.25) is 4.79 Å². The fourth-order valence-corrected chi connectivity index (χ4v) is 2.40. The van der Waals surface area contributed by atoms with E-state index in [0.29, 0.717) is 18.5 Å². The Bertz CT molecular complexity index is 414. The van der Waals surface area contributed by atoms with E-state index in [1.807, 2.05) is 11.8 Å². The standard InChI is InChI=1S/C12H21N5O2/c1-2-14-7-11-15-16-12(19-11)17(8-10(13)18)9-5-3-4-6-9/h9,14H,2-8H2,1H3,(H2,13,18). The number of nitrogens with zero attached hydrogens (tertiary/aromatic N) is 3. The van der Waals surface area contributed by atoms with Gasteiger partial charge >= 0.3 is 6.01 Å². The highest BCUT2D eigenvalue weighted by atomic mass is 16.4. The Labute approximate surface area is 112 Å². The largest absolute Gasteiger partial charge is 0.407 e. The van der Waals surface area contributed by atoms with Crippen LogP contribution in [0.15, 0.2) is 4.42 Å². The lowest BCUT2D eigenvalue weighted by Crippen LogP contribution is -2.40. The number of aromatic nitrogens is 2. The van der Waals surface area contributed by atoms with Gasteiger partial charge in [-0.2, -0.15) is 0 Å². The summed E-state index contributed by atoms with van der Waals surface area (Å²) in [6.07, 6.45) is 4.41. The molecule has 0 unspecified atom stereocenters. The van der Waals surface area contributed by atoms with Crippen LogP contribution in [0.4, 0.5) is 6.01 Å². The third-order valence-electron chi connectivity index (χ3n) is 3.32. The minimum atomic E-state index is -0.377. The van der Waals surface area contributed by atoms with Gasteiger partial charge in [0, 0.05) is 6.04 Å². The van der Waals surface area contributed by atoms with E-state index >= 15 is 0 Å². The molecule has 19 heavy (non-hydrogen) atoms. The summed E-state index contributed by atoms with van der Waals surface area (Å²) < 4.78 is 5.59. The zero-order chi connectivity index (χ0) is 13.7. The molecule has 0 radical (unpaired) electrons. The monoisotopic (exact) mass is 267 g/mol. The zero-order valence-electron chi connectivity index (χ0n) is 11.3. The molecular formula is C12H21N5O2. The second-order valence-corrected chi connectivity index (χ2v) is 4.79. The molecule has 1 heterocycles. The maximum atomic E-state index is 11.2. The van der Waals surface area contributed by atoms with Crippen molar-refractivity contribution < 1.29 is 9.21 Å². The molecular weight excluding hydrogens is 246 g/mol. The Kier molecular flexibility index (Phi) is 4.73. The minimum Gasteiger partial charge on any atom is -0.407 e. The molecule has 1 fully saturated rings. The van der Waals surface area contributed by atoms with E-state index in [1.165, 1.54) is 0 Å². The summed E-state index contributed by atoms with van der Waals surface area (Å²) in [6.45, 7) is 3.52. The molecule has 7 heteroatoms. The number of nitrogens with one attached hydrogen (secondary N) is 1. The summed E-state index contributed by atoms with van der Waals surface area (Å²) in [4.78, 5) is 13.0. The molecule has 1 amide bonds. The topological polar surface area (TPSA) is 97.3 Å². The summed E-state index contributed by atoms with van der Waals surface area (Å²) in [6, 6.07) is 0.679. The normalized spacial score (nSPS) is 15.8. The number of hydrogen-bond acceptors (Lipinski definition) is 6. The molecule has 1 aromatic heterocycles. The first-order valence-corrected chi connectivity index (χ1v) is 6.78. The molecule has 0 aliphatic heterocycles. The number of anilines is 1. The van der Waals surface area contributed by atoms with E-state index in [4.69, 9.17) is 10.2 Å². The minimum absolute atomic E-state index is 0.132. The second kappa shape index (κ2) is 6.51. The van der Waals surface area contributed by atoms with E-state index in [0.717, 1.165) is 32.2 Å². The van der Waals surface area contributed by atoms with Crippen LogP contribution in [0.1, 0.15) is 38.5 Å². The van der Waals surface area contributed by atoms with Gasteiger partial charge in [0.25, 0.3) is 0 Å². The Morgan fingerprint density at radius 3 is 2.84 bits per heavy atom. The SMILES string of the molecule is CCNCc1nnc(N(CC(N)=O)C2CCCC2)o1. The lowest BCUT2D eigenvalue weighted by molar-refractivity contribution is -0.116. The molecule has 0 bridgehead atoms. The zero-order valence-corrected chi connectivity index (χ0v) is 11.3. The van der Waals surface area contributed by atoms with Gasteiger partial charge in [-0.1, -0.05) is 24.9 Å². The van der Waals surface area contributed by atoms with Crippen LogP contribution in [-0.2, 0) is 11.3 Å². The number of hydrogen-bond donors (Lipinski definition) is 2. The number of carbonyl (C=O) groups is 1. The fraction of sp³-hybridized carbons (Fsp3) is 0.750. The van der Waals surface area contributed by atoms with Crippen molar-refractivity contribution in [2.24, 2.45) is 5.73 Å². The van der Waals surface area contributed by atoms with E-state index in [-0.39, 0.29) is 18.5 Å². The molecule has 1 saturated carbocycles. The van der Waals surface area contributed by atoms with Crippen LogP contribution in [0, 0.1) is 0 Å².